The van der Waals surface area contributed by atoms with Gasteiger partial charge in [0.2, 0.25) is 11.8 Å². The molecule has 1 heterocycles. The van der Waals surface area contributed by atoms with Crippen LogP contribution in [-0.2, 0) is 20.9 Å². The van der Waals surface area contributed by atoms with E-state index in [2.05, 4.69) is 10.3 Å². The predicted molar refractivity (Wildman–Crippen MR) is 151 cm³/mol. The van der Waals surface area contributed by atoms with E-state index in [0.717, 1.165) is 17.3 Å². The summed E-state index contributed by atoms with van der Waals surface area (Å²) in [6, 6.07) is 19.6. The molecule has 0 saturated carbocycles. The molecule has 1 atom stereocenters. The maximum atomic E-state index is 13.3. The molecule has 1 unspecified atom stereocenters. The molecule has 10 nitrogen and oxygen atoms in total. The van der Waals surface area contributed by atoms with E-state index in [1.165, 1.54) is 23.1 Å². The molecule has 1 saturated heterocycles. The summed E-state index contributed by atoms with van der Waals surface area (Å²) in [6.45, 7) is 2.21. The minimum absolute atomic E-state index is 0.0318. The van der Waals surface area contributed by atoms with Crippen molar-refractivity contribution in [3.8, 4) is 5.75 Å². The van der Waals surface area contributed by atoms with Gasteiger partial charge < -0.3 is 19.9 Å². The zero-order chi connectivity index (χ0) is 28.6. The lowest BCUT2D eigenvalue weighted by atomic mass is 10.1. The molecule has 11 heteroatoms. The van der Waals surface area contributed by atoms with Gasteiger partial charge in [-0.15, -0.1) is 0 Å². The van der Waals surface area contributed by atoms with E-state index in [9.17, 15) is 24.3 Å². The maximum Gasteiger partial charge on any atom is 0.338 e. The molecule has 0 radical (unpaired) electrons. The predicted octanol–water partition coefficient (Wildman–Crippen LogP) is 4.73. The molecular weight excluding hydrogens is 534 g/mol. The molecule has 0 spiro atoms. The molecule has 0 bridgehead atoms. The topological polar surface area (TPSA) is 135 Å². The highest BCUT2D eigenvalue weighted by Crippen LogP contribution is 2.31. The highest BCUT2D eigenvalue weighted by Gasteiger charge is 2.36. The van der Waals surface area contributed by atoms with Crippen molar-refractivity contribution in [1.82, 2.24) is 4.90 Å². The summed E-state index contributed by atoms with van der Waals surface area (Å²) in [7, 11) is 1.57. The number of ether oxygens (including phenoxy) is 2. The number of thioether (sulfide) groups is 1. The van der Waals surface area contributed by atoms with E-state index >= 15 is 0 Å². The van der Waals surface area contributed by atoms with Crippen LogP contribution in [0.1, 0.15) is 39.6 Å². The summed E-state index contributed by atoms with van der Waals surface area (Å²) in [5, 5.41) is 11.5. The van der Waals surface area contributed by atoms with Crippen LogP contribution in [0.2, 0.25) is 0 Å². The molecule has 1 fully saturated rings. The van der Waals surface area contributed by atoms with Crippen molar-refractivity contribution < 1.29 is 33.8 Å². The van der Waals surface area contributed by atoms with Crippen LogP contribution in [0.4, 0.5) is 11.4 Å². The number of anilines is 1. The van der Waals surface area contributed by atoms with E-state index in [1.807, 2.05) is 12.1 Å². The van der Waals surface area contributed by atoms with Crippen LogP contribution in [0, 0.1) is 0 Å². The number of aromatic carboxylic acids is 1. The first kappa shape index (κ1) is 28.4. The SMILES string of the molecule is CCOC(=O)c1ccc(N=C2SC(C(=O)Nc3cccc(C(=O)O)c3)CC(=O)N2Cc2ccc(OC)cc2)cc1. The summed E-state index contributed by atoms with van der Waals surface area (Å²) in [5.41, 5.74) is 2.04. The number of amidine groups is 1. The summed E-state index contributed by atoms with van der Waals surface area (Å²) >= 11 is 1.13. The van der Waals surface area contributed by atoms with Crippen LogP contribution in [0.3, 0.4) is 0 Å². The van der Waals surface area contributed by atoms with Gasteiger partial charge in [-0.05, 0) is 67.1 Å². The average Bonchev–Trinajstić information content (AvgIpc) is 2.95. The van der Waals surface area contributed by atoms with Gasteiger partial charge in [-0.2, -0.15) is 0 Å². The number of carbonyl (C=O) groups is 4. The lowest BCUT2D eigenvalue weighted by Crippen LogP contribution is -2.44. The molecular formula is C29H27N3O7S. The summed E-state index contributed by atoms with van der Waals surface area (Å²) in [4.78, 5) is 56.0. The van der Waals surface area contributed by atoms with Gasteiger partial charge >= 0.3 is 11.9 Å². The number of carboxylic acid groups (broad SMARTS) is 1. The lowest BCUT2D eigenvalue weighted by Gasteiger charge is -2.32. The normalized spacial score (nSPS) is 15.9. The second-order valence-corrected chi connectivity index (χ2v) is 9.85. The number of rotatable bonds is 9. The monoisotopic (exact) mass is 561 g/mol. The Labute approximate surface area is 235 Å². The van der Waals surface area contributed by atoms with Gasteiger partial charge in [0.05, 0.1) is 37.1 Å². The fraction of sp³-hybridized carbons (Fsp3) is 0.207. The second kappa shape index (κ2) is 12.9. The van der Waals surface area contributed by atoms with Gasteiger partial charge in [0.1, 0.15) is 11.0 Å². The van der Waals surface area contributed by atoms with Crippen LogP contribution in [0.5, 0.6) is 5.75 Å². The van der Waals surface area contributed by atoms with E-state index < -0.39 is 23.1 Å². The Balaban J connectivity index is 1.60. The number of methoxy groups -OCH3 is 1. The number of esters is 1. The maximum absolute atomic E-state index is 13.3. The molecule has 2 N–H and O–H groups in total. The molecule has 206 valence electrons. The highest BCUT2D eigenvalue weighted by atomic mass is 32.2. The third kappa shape index (κ3) is 7.06. The minimum Gasteiger partial charge on any atom is -0.497 e. The fourth-order valence-corrected chi connectivity index (χ4v) is 4.96. The van der Waals surface area contributed by atoms with Crippen LogP contribution < -0.4 is 10.1 Å². The van der Waals surface area contributed by atoms with E-state index in [0.29, 0.717) is 27.9 Å². The van der Waals surface area contributed by atoms with Crippen molar-refractivity contribution in [2.24, 2.45) is 4.99 Å². The molecule has 0 aromatic heterocycles. The highest BCUT2D eigenvalue weighted by molar-refractivity contribution is 8.15. The molecule has 4 rings (SSSR count). The van der Waals surface area contributed by atoms with Crippen molar-refractivity contribution in [1.29, 1.82) is 0 Å². The van der Waals surface area contributed by atoms with Crippen LogP contribution >= 0.6 is 11.8 Å². The Morgan fingerprint density at radius 2 is 1.77 bits per heavy atom. The Hall–Kier alpha value is -4.64. The van der Waals surface area contributed by atoms with E-state index in [-0.39, 0.29) is 31.0 Å². The number of benzene rings is 3. The van der Waals surface area contributed by atoms with Gasteiger partial charge in [-0.25, -0.2) is 14.6 Å². The largest absolute Gasteiger partial charge is 0.497 e. The van der Waals surface area contributed by atoms with Gasteiger partial charge in [0.15, 0.2) is 5.17 Å². The standard InChI is InChI=1S/C29H27N3O7S/c1-3-39-28(37)19-9-11-21(12-10-19)31-29-32(17-18-7-13-23(38-2)14-8-18)25(33)16-24(40-29)26(34)30-22-6-4-5-20(15-22)27(35)36/h4-15,24H,3,16-17H2,1-2H3,(H,30,34)(H,35,36). The zero-order valence-corrected chi connectivity index (χ0v) is 22.6. The minimum atomic E-state index is -1.11. The first-order valence-corrected chi connectivity index (χ1v) is 13.3. The number of hydrogen-bond acceptors (Lipinski definition) is 8. The number of amides is 2. The Bertz CT molecular complexity index is 1440. The van der Waals surface area contributed by atoms with Crippen molar-refractivity contribution in [2.75, 3.05) is 19.0 Å². The zero-order valence-electron chi connectivity index (χ0n) is 21.8. The lowest BCUT2D eigenvalue weighted by molar-refractivity contribution is -0.129. The third-order valence-corrected chi connectivity index (χ3v) is 7.10. The number of carbonyl (C=O) groups excluding carboxylic acids is 3. The molecule has 0 aliphatic carbocycles. The molecule has 1 aliphatic rings. The van der Waals surface area contributed by atoms with E-state index in [4.69, 9.17) is 9.47 Å². The second-order valence-electron chi connectivity index (χ2n) is 8.68. The van der Waals surface area contributed by atoms with Crippen molar-refractivity contribution in [3.63, 3.8) is 0 Å². The van der Waals surface area contributed by atoms with Crippen LogP contribution in [0.25, 0.3) is 0 Å². The number of nitrogens with one attached hydrogen (secondary N) is 1. The summed E-state index contributed by atoms with van der Waals surface area (Å²) in [5.74, 6) is -1.63. The average molecular weight is 562 g/mol. The van der Waals surface area contributed by atoms with Gasteiger partial charge in [-0.3, -0.25) is 14.5 Å². The van der Waals surface area contributed by atoms with Gasteiger partial charge in [0, 0.05) is 12.1 Å². The Morgan fingerprint density at radius 3 is 2.42 bits per heavy atom. The smallest absolute Gasteiger partial charge is 0.338 e. The first-order valence-electron chi connectivity index (χ1n) is 12.4. The van der Waals surface area contributed by atoms with Crippen LogP contribution in [0.15, 0.2) is 77.8 Å². The number of carboxylic acids is 1. The Morgan fingerprint density at radius 1 is 1.05 bits per heavy atom. The summed E-state index contributed by atoms with van der Waals surface area (Å²) in [6.07, 6.45) is -0.0773. The quantitative estimate of drug-likeness (QED) is 0.358. The van der Waals surface area contributed by atoms with Gasteiger partial charge in [-0.1, -0.05) is 30.0 Å². The molecule has 3 aromatic carbocycles. The Kier molecular flexibility index (Phi) is 9.18. The fourth-order valence-electron chi connectivity index (χ4n) is 3.86. The number of hydrogen-bond donors (Lipinski definition) is 2. The van der Waals surface area contributed by atoms with E-state index in [1.54, 1.807) is 56.5 Å². The summed E-state index contributed by atoms with van der Waals surface area (Å²) < 4.78 is 10.2. The molecule has 40 heavy (non-hydrogen) atoms. The third-order valence-electron chi connectivity index (χ3n) is 5.91. The molecule has 2 amide bonds. The van der Waals surface area contributed by atoms with Crippen molar-refractivity contribution in [2.45, 2.75) is 25.1 Å². The van der Waals surface area contributed by atoms with Crippen molar-refractivity contribution in [3.05, 3.63) is 89.5 Å². The molecule has 3 aromatic rings. The van der Waals surface area contributed by atoms with Crippen LogP contribution in [-0.4, -0.2) is 57.9 Å². The van der Waals surface area contributed by atoms with Crippen molar-refractivity contribution >= 4 is 52.1 Å². The number of nitrogens with zero attached hydrogens (tertiary/aromatic N) is 2. The number of aliphatic imine (C=N–C) groups is 1. The van der Waals surface area contributed by atoms with Gasteiger partial charge in [0.25, 0.3) is 0 Å². The molecule has 1 aliphatic heterocycles. The first-order chi connectivity index (χ1) is 19.3.